The SMILES string of the molecule is CC(=O)N1C[C@H]2CC(c3ccc(CCCOc4cccc(F)c4F)cc3)=C(C(=O)N(C)CCc3ccccc3)[C@@H](C1)N2. The van der Waals surface area contributed by atoms with E-state index >= 15 is 0 Å². The molecule has 2 aliphatic rings. The topological polar surface area (TPSA) is 61.9 Å². The van der Waals surface area contributed by atoms with Crippen LogP contribution in [0.5, 0.6) is 5.75 Å². The highest BCUT2D eigenvalue weighted by Crippen LogP contribution is 2.34. The Morgan fingerprint density at radius 3 is 2.43 bits per heavy atom. The molecule has 6 nitrogen and oxygen atoms in total. The Bertz CT molecular complexity index is 1440. The van der Waals surface area contributed by atoms with Gasteiger partial charge in [0.05, 0.1) is 12.6 Å². The fraction of sp³-hybridized carbons (Fsp3) is 0.353. The number of nitrogens with one attached hydrogen (secondary N) is 1. The number of likely N-dealkylation sites (N-methyl/N-ethyl adjacent to an activating group) is 1. The third-order valence-electron chi connectivity index (χ3n) is 8.09. The van der Waals surface area contributed by atoms with Crippen LogP contribution in [0, 0.1) is 11.6 Å². The maximum Gasteiger partial charge on any atom is 0.251 e. The van der Waals surface area contributed by atoms with Gasteiger partial charge in [0.2, 0.25) is 11.7 Å². The number of amides is 2. The van der Waals surface area contributed by atoms with Crippen LogP contribution < -0.4 is 10.1 Å². The van der Waals surface area contributed by atoms with Crippen LogP contribution in [0.3, 0.4) is 0 Å². The number of halogens is 2. The normalized spacial score (nSPS) is 18.1. The van der Waals surface area contributed by atoms with Gasteiger partial charge in [-0.05, 0) is 60.1 Å². The number of ether oxygens (including phenoxy) is 1. The van der Waals surface area contributed by atoms with Crippen LogP contribution in [-0.2, 0) is 22.4 Å². The van der Waals surface area contributed by atoms with Crippen molar-refractivity contribution in [3.63, 3.8) is 0 Å². The Balaban J connectivity index is 1.30. The van der Waals surface area contributed by atoms with Gasteiger partial charge in [-0.25, -0.2) is 4.39 Å². The Hall–Kier alpha value is -4.04. The number of hydrogen-bond donors (Lipinski definition) is 1. The maximum absolute atomic E-state index is 13.9. The average Bonchev–Trinajstić information content (AvgIpc) is 3.00. The molecule has 3 aromatic rings. The molecule has 220 valence electrons. The van der Waals surface area contributed by atoms with E-state index in [0.717, 1.165) is 34.8 Å². The first kappa shape index (κ1) is 29.5. The molecule has 8 heteroatoms. The van der Waals surface area contributed by atoms with Crippen molar-refractivity contribution in [2.45, 2.75) is 44.7 Å². The summed E-state index contributed by atoms with van der Waals surface area (Å²) in [7, 11) is 1.84. The van der Waals surface area contributed by atoms with Crippen molar-refractivity contribution in [3.8, 4) is 5.75 Å². The molecule has 42 heavy (non-hydrogen) atoms. The molecule has 1 fully saturated rings. The predicted molar refractivity (Wildman–Crippen MR) is 159 cm³/mol. The average molecular weight is 574 g/mol. The van der Waals surface area contributed by atoms with E-state index in [-0.39, 0.29) is 36.3 Å². The molecule has 2 atom stereocenters. The lowest BCUT2D eigenvalue weighted by Crippen LogP contribution is -2.61. The molecule has 0 radical (unpaired) electrons. The summed E-state index contributed by atoms with van der Waals surface area (Å²) in [5.74, 6) is -1.97. The van der Waals surface area contributed by atoms with E-state index in [9.17, 15) is 18.4 Å². The second-order valence-corrected chi connectivity index (χ2v) is 11.1. The minimum Gasteiger partial charge on any atom is -0.490 e. The summed E-state index contributed by atoms with van der Waals surface area (Å²) in [6.45, 7) is 3.52. The minimum atomic E-state index is -0.968. The second kappa shape index (κ2) is 13.3. The fourth-order valence-electron chi connectivity index (χ4n) is 5.80. The molecule has 0 spiro atoms. The fourth-order valence-corrected chi connectivity index (χ4v) is 5.80. The Morgan fingerprint density at radius 1 is 0.952 bits per heavy atom. The number of aryl methyl sites for hydroxylation is 1. The lowest BCUT2D eigenvalue weighted by molar-refractivity contribution is -0.132. The van der Waals surface area contributed by atoms with Gasteiger partial charge in [-0.1, -0.05) is 60.7 Å². The summed E-state index contributed by atoms with van der Waals surface area (Å²) in [5, 5.41) is 3.60. The number of rotatable bonds is 10. The maximum atomic E-state index is 13.9. The molecule has 0 unspecified atom stereocenters. The van der Waals surface area contributed by atoms with Gasteiger partial charge in [-0.2, -0.15) is 4.39 Å². The number of piperazine rings is 1. The zero-order valence-electron chi connectivity index (χ0n) is 24.1. The van der Waals surface area contributed by atoms with Gasteiger partial charge in [-0.15, -0.1) is 0 Å². The second-order valence-electron chi connectivity index (χ2n) is 11.1. The van der Waals surface area contributed by atoms with Crippen LogP contribution in [0.1, 0.15) is 36.5 Å². The number of nitrogens with zero attached hydrogens (tertiary/aromatic N) is 2. The minimum absolute atomic E-state index is 0.0203. The van der Waals surface area contributed by atoms with E-state index in [1.807, 2.05) is 42.3 Å². The molecule has 2 amide bonds. The molecule has 5 rings (SSSR count). The van der Waals surface area contributed by atoms with Gasteiger partial charge in [0.15, 0.2) is 11.6 Å². The molecule has 0 aromatic heterocycles. The summed E-state index contributed by atoms with van der Waals surface area (Å²) in [6, 6.07) is 22.1. The molecule has 1 N–H and O–H groups in total. The van der Waals surface area contributed by atoms with Crippen molar-refractivity contribution in [3.05, 3.63) is 107 Å². The Kier molecular flexibility index (Phi) is 9.32. The van der Waals surface area contributed by atoms with Crippen molar-refractivity contribution in [2.75, 3.05) is 33.3 Å². The molecule has 2 bridgehead atoms. The molecular formula is C34H37F2N3O3. The first-order valence-electron chi connectivity index (χ1n) is 14.5. The summed E-state index contributed by atoms with van der Waals surface area (Å²) < 4.78 is 32.7. The van der Waals surface area contributed by atoms with Crippen LogP contribution in [0.4, 0.5) is 8.78 Å². The van der Waals surface area contributed by atoms with E-state index in [0.29, 0.717) is 38.9 Å². The van der Waals surface area contributed by atoms with E-state index in [4.69, 9.17) is 4.74 Å². The highest BCUT2D eigenvalue weighted by atomic mass is 19.2. The first-order chi connectivity index (χ1) is 20.3. The third-order valence-corrected chi connectivity index (χ3v) is 8.09. The van der Waals surface area contributed by atoms with E-state index in [2.05, 4.69) is 29.6 Å². The molecule has 0 saturated carbocycles. The zero-order valence-corrected chi connectivity index (χ0v) is 24.1. The standard InChI is InChI=1S/C34H37F2N3O3/c1-23(40)39-21-27-20-28(32(30(22-39)37-27)34(41)38(2)18-17-24-8-4-3-5-9-24)26-15-13-25(14-16-26)10-7-19-42-31-12-6-11-29(35)33(31)36/h3-6,8-9,11-16,27,30,37H,7,10,17-22H2,1-2H3/t27-,30-/m1/s1. The van der Waals surface area contributed by atoms with Crippen LogP contribution >= 0.6 is 0 Å². The van der Waals surface area contributed by atoms with Crippen LogP contribution in [0.2, 0.25) is 0 Å². The lowest BCUT2D eigenvalue weighted by atomic mass is 9.82. The number of hydrogen-bond acceptors (Lipinski definition) is 4. The molecule has 3 aromatic carbocycles. The first-order valence-corrected chi connectivity index (χ1v) is 14.5. The van der Waals surface area contributed by atoms with Crippen LogP contribution in [0.25, 0.3) is 5.57 Å². The molecule has 0 aliphatic carbocycles. The van der Waals surface area contributed by atoms with Gasteiger partial charge in [0, 0.05) is 45.2 Å². The smallest absolute Gasteiger partial charge is 0.251 e. The van der Waals surface area contributed by atoms with Crippen molar-refractivity contribution < 1.29 is 23.1 Å². The predicted octanol–water partition coefficient (Wildman–Crippen LogP) is 5.02. The van der Waals surface area contributed by atoms with E-state index < -0.39 is 11.6 Å². The zero-order chi connectivity index (χ0) is 29.6. The Labute approximate surface area is 246 Å². The summed E-state index contributed by atoms with van der Waals surface area (Å²) >= 11 is 0. The third kappa shape index (κ3) is 6.87. The summed E-state index contributed by atoms with van der Waals surface area (Å²) in [5.41, 5.74) is 5.03. The molecule has 2 heterocycles. The van der Waals surface area contributed by atoms with Gasteiger partial charge < -0.3 is 19.9 Å². The summed E-state index contributed by atoms with van der Waals surface area (Å²) in [6.07, 6.45) is 2.77. The van der Waals surface area contributed by atoms with Crippen molar-refractivity contribution in [1.82, 2.24) is 15.1 Å². The molecule has 2 aliphatic heterocycles. The number of benzene rings is 3. The van der Waals surface area contributed by atoms with Gasteiger partial charge in [0.25, 0.3) is 5.91 Å². The highest BCUT2D eigenvalue weighted by Gasteiger charge is 2.39. The van der Waals surface area contributed by atoms with Crippen molar-refractivity contribution in [2.24, 2.45) is 0 Å². The largest absolute Gasteiger partial charge is 0.490 e. The van der Waals surface area contributed by atoms with Gasteiger partial charge >= 0.3 is 0 Å². The lowest BCUT2D eigenvalue weighted by Gasteiger charge is -2.44. The quantitative estimate of drug-likeness (QED) is 0.346. The summed E-state index contributed by atoms with van der Waals surface area (Å²) in [4.78, 5) is 29.8. The van der Waals surface area contributed by atoms with E-state index in [1.165, 1.54) is 17.7 Å². The Morgan fingerprint density at radius 2 is 1.69 bits per heavy atom. The monoisotopic (exact) mass is 573 g/mol. The van der Waals surface area contributed by atoms with Crippen molar-refractivity contribution in [1.29, 1.82) is 0 Å². The van der Waals surface area contributed by atoms with Crippen LogP contribution in [-0.4, -0.2) is 67.0 Å². The number of carbonyl (C=O) groups is 2. The van der Waals surface area contributed by atoms with Gasteiger partial charge in [0.1, 0.15) is 0 Å². The van der Waals surface area contributed by atoms with Crippen molar-refractivity contribution >= 4 is 17.4 Å². The van der Waals surface area contributed by atoms with Crippen LogP contribution in [0.15, 0.2) is 78.4 Å². The number of carbonyl (C=O) groups excluding carboxylic acids is 2. The van der Waals surface area contributed by atoms with E-state index in [1.54, 1.807) is 11.8 Å². The highest BCUT2D eigenvalue weighted by molar-refractivity contribution is 6.03. The molecule has 1 saturated heterocycles. The number of fused-ring (bicyclic) bond motifs is 2. The van der Waals surface area contributed by atoms with Gasteiger partial charge in [-0.3, -0.25) is 9.59 Å². The molecular weight excluding hydrogens is 536 g/mol.